The fourth-order valence-corrected chi connectivity index (χ4v) is 4.08. The maximum Gasteiger partial charge on any atom is 0.184 e. The fourth-order valence-electron chi connectivity index (χ4n) is 2.12. The van der Waals surface area contributed by atoms with Gasteiger partial charge < -0.3 is 5.73 Å². The number of nitrogen functional groups attached to an aromatic ring is 1. The van der Waals surface area contributed by atoms with Crippen molar-refractivity contribution in [3.05, 3.63) is 58.1 Å². The van der Waals surface area contributed by atoms with E-state index in [0.29, 0.717) is 5.02 Å². The van der Waals surface area contributed by atoms with E-state index >= 15 is 0 Å². The molecule has 0 aromatic heterocycles. The summed E-state index contributed by atoms with van der Waals surface area (Å²) < 4.78 is 25.1. The topological polar surface area (TPSA) is 60.2 Å². The lowest BCUT2D eigenvalue weighted by Gasteiger charge is -2.12. The molecule has 0 heterocycles. The summed E-state index contributed by atoms with van der Waals surface area (Å²) in [6.07, 6.45) is 0. The summed E-state index contributed by atoms with van der Waals surface area (Å²) in [5.74, 6) is -0.0734. The van der Waals surface area contributed by atoms with E-state index in [4.69, 9.17) is 17.3 Å². The van der Waals surface area contributed by atoms with Gasteiger partial charge in [-0.3, -0.25) is 0 Å². The van der Waals surface area contributed by atoms with Crippen LogP contribution in [0.4, 0.5) is 5.69 Å². The molecule has 0 unspecified atom stereocenters. The van der Waals surface area contributed by atoms with Gasteiger partial charge in [-0.25, -0.2) is 8.42 Å². The highest BCUT2D eigenvalue weighted by molar-refractivity contribution is 7.90. The largest absolute Gasteiger partial charge is 0.398 e. The molecule has 2 aromatic rings. The molecule has 106 valence electrons. The highest BCUT2D eigenvalue weighted by Gasteiger charge is 2.20. The van der Waals surface area contributed by atoms with E-state index in [2.05, 4.69) is 0 Å². The Morgan fingerprint density at radius 3 is 2.30 bits per heavy atom. The van der Waals surface area contributed by atoms with Gasteiger partial charge in [0.1, 0.15) is 0 Å². The van der Waals surface area contributed by atoms with Crippen molar-refractivity contribution < 1.29 is 8.42 Å². The fraction of sp³-hybridized carbons (Fsp3) is 0.200. The van der Waals surface area contributed by atoms with E-state index in [-0.39, 0.29) is 16.3 Å². The summed E-state index contributed by atoms with van der Waals surface area (Å²) in [5.41, 5.74) is 8.71. The SMILES string of the molecule is Cc1cccc(C)c1CS(=O)(=O)c1cc(Cl)ccc1N. The first-order valence-corrected chi connectivity index (χ1v) is 8.17. The second kappa shape index (κ2) is 5.46. The van der Waals surface area contributed by atoms with Crippen molar-refractivity contribution in [1.82, 2.24) is 0 Å². The minimum Gasteiger partial charge on any atom is -0.398 e. The number of aryl methyl sites for hydroxylation is 2. The molecule has 0 aliphatic rings. The molecule has 2 N–H and O–H groups in total. The van der Waals surface area contributed by atoms with Gasteiger partial charge in [0.15, 0.2) is 9.84 Å². The van der Waals surface area contributed by atoms with E-state index in [1.165, 1.54) is 12.1 Å². The molecular weight excluding hydrogens is 294 g/mol. The normalized spacial score (nSPS) is 11.6. The number of sulfone groups is 1. The monoisotopic (exact) mass is 309 g/mol. The molecule has 0 bridgehead atoms. The maximum atomic E-state index is 12.5. The van der Waals surface area contributed by atoms with E-state index < -0.39 is 9.84 Å². The van der Waals surface area contributed by atoms with Crippen molar-refractivity contribution in [2.45, 2.75) is 24.5 Å². The molecule has 2 aromatic carbocycles. The molecule has 0 spiro atoms. The van der Waals surface area contributed by atoms with Crippen LogP contribution in [0, 0.1) is 13.8 Å². The summed E-state index contributed by atoms with van der Waals surface area (Å²) in [5, 5.41) is 0.360. The third-order valence-electron chi connectivity index (χ3n) is 3.29. The van der Waals surface area contributed by atoms with E-state index in [9.17, 15) is 8.42 Å². The van der Waals surface area contributed by atoms with Gasteiger partial charge in [-0.1, -0.05) is 29.8 Å². The summed E-state index contributed by atoms with van der Waals surface area (Å²) in [4.78, 5) is 0.0904. The minimum atomic E-state index is -3.52. The molecule has 20 heavy (non-hydrogen) atoms. The Morgan fingerprint density at radius 1 is 1.10 bits per heavy atom. The number of benzene rings is 2. The van der Waals surface area contributed by atoms with Crippen LogP contribution in [0.5, 0.6) is 0 Å². The molecule has 3 nitrogen and oxygen atoms in total. The Labute approximate surface area is 124 Å². The highest BCUT2D eigenvalue weighted by Crippen LogP contribution is 2.27. The van der Waals surface area contributed by atoms with Gasteiger partial charge in [0, 0.05) is 5.02 Å². The van der Waals surface area contributed by atoms with Gasteiger partial charge in [0.25, 0.3) is 0 Å². The lowest BCUT2D eigenvalue weighted by molar-refractivity contribution is 0.595. The number of nitrogens with two attached hydrogens (primary N) is 1. The Hall–Kier alpha value is -1.52. The quantitative estimate of drug-likeness (QED) is 0.883. The van der Waals surface area contributed by atoms with Gasteiger partial charge >= 0.3 is 0 Å². The molecule has 5 heteroatoms. The predicted octanol–water partition coefficient (Wildman–Crippen LogP) is 3.51. The lowest BCUT2D eigenvalue weighted by Crippen LogP contribution is -2.10. The smallest absolute Gasteiger partial charge is 0.184 e. The van der Waals surface area contributed by atoms with E-state index in [1.807, 2.05) is 32.0 Å². The second-order valence-corrected chi connectivity index (χ2v) is 7.21. The molecule has 0 radical (unpaired) electrons. The molecular formula is C15H16ClNO2S. The molecule has 0 aliphatic carbocycles. The van der Waals surface area contributed by atoms with E-state index in [0.717, 1.165) is 16.7 Å². The Bertz CT molecular complexity index is 734. The second-order valence-electron chi connectivity index (χ2n) is 4.81. The van der Waals surface area contributed by atoms with Crippen LogP contribution in [-0.2, 0) is 15.6 Å². The first-order chi connectivity index (χ1) is 9.31. The van der Waals surface area contributed by atoms with Crippen LogP contribution >= 0.6 is 11.6 Å². The number of rotatable bonds is 3. The van der Waals surface area contributed by atoms with Gasteiger partial charge in [-0.15, -0.1) is 0 Å². The zero-order valence-electron chi connectivity index (χ0n) is 11.4. The molecule has 2 rings (SSSR count). The van der Waals surface area contributed by atoms with Crippen LogP contribution in [0.2, 0.25) is 5.02 Å². The van der Waals surface area contributed by atoms with Crippen molar-refractivity contribution in [3.63, 3.8) is 0 Å². The molecule has 0 aliphatic heterocycles. The van der Waals surface area contributed by atoms with Crippen molar-refractivity contribution in [2.24, 2.45) is 0 Å². The van der Waals surface area contributed by atoms with E-state index in [1.54, 1.807) is 6.07 Å². The molecule has 0 amide bonds. The number of halogens is 1. The van der Waals surface area contributed by atoms with Gasteiger partial charge in [-0.2, -0.15) is 0 Å². The van der Waals surface area contributed by atoms with Gasteiger partial charge in [0.05, 0.1) is 16.3 Å². The number of hydrogen-bond acceptors (Lipinski definition) is 3. The zero-order valence-corrected chi connectivity index (χ0v) is 12.9. The number of hydrogen-bond donors (Lipinski definition) is 1. The summed E-state index contributed by atoms with van der Waals surface area (Å²) in [6.45, 7) is 3.80. The third kappa shape index (κ3) is 2.97. The first kappa shape index (κ1) is 14.9. The predicted molar refractivity (Wildman–Crippen MR) is 82.7 cm³/mol. The summed E-state index contributed by atoms with van der Waals surface area (Å²) in [7, 11) is -3.52. The lowest BCUT2D eigenvalue weighted by atomic mass is 10.1. The van der Waals surface area contributed by atoms with Crippen LogP contribution in [0.3, 0.4) is 0 Å². The summed E-state index contributed by atoms with van der Waals surface area (Å²) in [6, 6.07) is 10.2. The van der Waals surface area contributed by atoms with Gasteiger partial charge in [0.2, 0.25) is 0 Å². The molecule has 0 atom stereocenters. The molecule has 0 saturated carbocycles. The zero-order chi connectivity index (χ0) is 14.9. The van der Waals surface area contributed by atoms with Crippen LogP contribution in [-0.4, -0.2) is 8.42 Å². The maximum absolute atomic E-state index is 12.5. The number of anilines is 1. The summed E-state index contributed by atoms with van der Waals surface area (Å²) >= 11 is 5.87. The standard InChI is InChI=1S/C15H16ClNO2S/c1-10-4-3-5-11(2)13(10)9-20(18,19)15-8-12(16)6-7-14(15)17/h3-8H,9,17H2,1-2H3. The van der Waals surface area contributed by atoms with Gasteiger partial charge in [-0.05, 0) is 48.7 Å². The Balaban J connectivity index is 2.49. The third-order valence-corrected chi connectivity index (χ3v) is 5.22. The molecule has 0 saturated heterocycles. The average molecular weight is 310 g/mol. The molecule has 0 fully saturated rings. The first-order valence-electron chi connectivity index (χ1n) is 6.14. The minimum absolute atomic E-state index is 0.0734. The van der Waals surface area contributed by atoms with Crippen LogP contribution in [0.15, 0.2) is 41.3 Å². The van der Waals surface area contributed by atoms with Crippen LogP contribution in [0.1, 0.15) is 16.7 Å². The average Bonchev–Trinajstić information content (AvgIpc) is 2.37. The van der Waals surface area contributed by atoms with Crippen molar-refractivity contribution in [2.75, 3.05) is 5.73 Å². The van der Waals surface area contributed by atoms with Crippen molar-refractivity contribution in [3.8, 4) is 0 Å². The Morgan fingerprint density at radius 2 is 1.70 bits per heavy atom. The van der Waals surface area contributed by atoms with Crippen molar-refractivity contribution >= 4 is 27.1 Å². The Kier molecular flexibility index (Phi) is 4.06. The van der Waals surface area contributed by atoms with Crippen LogP contribution in [0.25, 0.3) is 0 Å². The highest BCUT2D eigenvalue weighted by atomic mass is 35.5. The van der Waals surface area contributed by atoms with Crippen molar-refractivity contribution in [1.29, 1.82) is 0 Å². The van der Waals surface area contributed by atoms with Crippen LogP contribution < -0.4 is 5.73 Å².